The number of nitrogens with one attached hydrogen (secondary N) is 1. The lowest BCUT2D eigenvalue weighted by Gasteiger charge is -2.24. The van der Waals surface area contributed by atoms with Crippen molar-refractivity contribution >= 4 is 21.7 Å². The van der Waals surface area contributed by atoms with Crippen molar-refractivity contribution in [2.45, 2.75) is 18.0 Å². The Kier molecular flexibility index (Phi) is 7.92. The molecule has 0 unspecified atom stereocenters. The van der Waals surface area contributed by atoms with Gasteiger partial charge in [-0.2, -0.15) is 0 Å². The van der Waals surface area contributed by atoms with Crippen molar-refractivity contribution in [3.05, 3.63) is 83.9 Å². The molecule has 0 bridgehead atoms. The number of carboxylic acids is 1. The fraction of sp³-hybridized carbons (Fsp3) is 0.208. The van der Waals surface area contributed by atoms with E-state index >= 15 is 0 Å². The lowest BCUT2D eigenvalue weighted by molar-refractivity contribution is -0.135. The number of ether oxygens (including phenoxy) is 2. The van der Waals surface area contributed by atoms with Crippen LogP contribution in [0.2, 0.25) is 0 Å². The summed E-state index contributed by atoms with van der Waals surface area (Å²) in [5.41, 5.74) is 2.10. The van der Waals surface area contributed by atoms with Crippen LogP contribution in [0.25, 0.3) is 0 Å². The maximum atomic E-state index is 12.8. The van der Waals surface area contributed by atoms with Crippen LogP contribution >= 0.6 is 0 Å². The molecule has 174 valence electrons. The number of methoxy groups -OCH3 is 2. The van der Waals surface area contributed by atoms with Crippen LogP contribution in [-0.4, -0.2) is 40.3 Å². The van der Waals surface area contributed by atoms with E-state index in [0.29, 0.717) is 22.7 Å². The number of aliphatic carboxylic acids is 1. The minimum absolute atomic E-state index is 0.0764. The lowest BCUT2D eigenvalue weighted by atomic mass is 10.1. The Hall–Kier alpha value is -3.56. The number of rotatable bonds is 11. The van der Waals surface area contributed by atoms with Gasteiger partial charge in [0.25, 0.3) is 0 Å². The van der Waals surface area contributed by atoms with Crippen molar-refractivity contribution in [3.8, 4) is 11.5 Å². The van der Waals surface area contributed by atoms with E-state index in [9.17, 15) is 18.3 Å². The van der Waals surface area contributed by atoms with E-state index in [-0.39, 0.29) is 24.5 Å². The maximum Gasteiger partial charge on any atom is 0.323 e. The molecule has 8 nitrogen and oxygen atoms in total. The summed E-state index contributed by atoms with van der Waals surface area (Å²) in [6.45, 7) is 0.109. The van der Waals surface area contributed by atoms with Crippen LogP contribution in [0.15, 0.2) is 77.7 Å². The average Bonchev–Trinajstić information content (AvgIpc) is 2.82. The predicted molar refractivity (Wildman–Crippen MR) is 125 cm³/mol. The number of carboxylic acid groups (broad SMARTS) is 1. The maximum absolute atomic E-state index is 12.8. The molecule has 3 aromatic rings. The molecule has 0 aliphatic carbocycles. The Morgan fingerprint density at radius 3 is 2.00 bits per heavy atom. The van der Waals surface area contributed by atoms with Gasteiger partial charge in [-0.15, -0.1) is 0 Å². The van der Waals surface area contributed by atoms with Gasteiger partial charge >= 0.3 is 5.97 Å². The van der Waals surface area contributed by atoms with Crippen LogP contribution in [0.1, 0.15) is 11.1 Å². The number of benzene rings is 3. The van der Waals surface area contributed by atoms with Crippen molar-refractivity contribution in [1.29, 1.82) is 0 Å². The summed E-state index contributed by atoms with van der Waals surface area (Å²) in [5.74, 6) is 0.240. The molecule has 33 heavy (non-hydrogen) atoms. The molecule has 0 heterocycles. The SMILES string of the molecule is COc1ccccc1CNS(=O)(=O)c1ccc(N(CC(=O)O)Cc2ccccc2OC)cc1. The molecule has 0 saturated carbocycles. The quantitative estimate of drug-likeness (QED) is 0.443. The van der Waals surface area contributed by atoms with Crippen molar-refractivity contribution < 1.29 is 27.8 Å². The van der Waals surface area contributed by atoms with E-state index in [1.165, 1.54) is 19.2 Å². The number of hydrogen-bond acceptors (Lipinski definition) is 6. The average molecular weight is 471 g/mol. The molecule has 0 amide bonds. The van der Waals surface area contributed by atoms with Crippen molar-refractivity contribution in [1.82, 2.24) is 4.72 Å². The smallest absolute Gasteiger partial charge is 0.323 e. The van der Waals surface area contributed by atoms with E-state index in [1.807, 2.05) is 24.3 Å². The topological polar surface area (TPSA) is 105 Å². The standard InChI is InChI=1S/C24H26N2O6S/c1-31-22-9-5-3-7-18(22)15-25-33(29,30)21-13-11-20(12-14-21)26(17-24(27)28)16-19-8-4-6-10-23(19)32-2/h3-14,25H,15-17H2,1-2H3,(H,27,28). The van der Waals surface area contributed by atoms with Gasteiger partial charge in [-0.3, -0.25) is 4.79 Å². The Bertz CT molecular complexity index is 1200. The van der Waals surface area contributed by atoms with E-state index in [1.54, 1.807) is 48.4 Å². The van der Waals surface area contributed by atoms with Crippen LogP contribution in [0.3, 0.4) is 0 Å². The zero-order valence-electron chi connectivity index (χ0n) is 18.4. The molecule has 0 aromatic heterocycles. The van der Waals surface area contributed by atoms with Crippen LogP contribution in [-0.2, 0) is 27.9 Å². The Labute approximate surface area is 193 Å². The zero-order chi connectivity index (χ0) is 23.8. The lowest BCUT2D eigenvalue weighted by Crippen LogP contribution is -2.29. The van der Waals surface area contributed by atoms with Crippen molar-refractivity contribution in [2.24, 2.45) is 0 Å². The van der Waals surface area contributed by atoms with E-state index in [2.05, 4.69) is 4.72 Å². The van der Waals surface area contributed by atoms with Crippen LogP contribution in [0.4, 0.5) is 5.69 Å². The second kappa shape index (κ2) is 10.8. The fourth-order valence-corrected chi connectivity index (χ4v) is 4.39. The normalized spacial score (nSPS) is 11.1. The van der Waals surface area contributed by atoms with Crippen molar-refractivity contribution in [3.63, 3.8) is 0 Å². The molecule has 0 atom stereocenters. The first-order chi connectivity index (χ1) is 15.8. The summed E-state index contributed by atoms with van der Waals surface area (Å²) in [6.07, 6.45) is 0. The minimum atomic E-state index is -3.78. The number of hydrogen-bond donors (Lipinski definition) is 2. The van der Waals surface area contributed by atoms with Gasteiger partial charge in [-0.05, 0) is 36.4 Å². The molecule has 0 saturated heterocycles. The highest BCUT2D eigenvalue weighted by molar-refractivity contribution is 7.89. The number of nitrogens with zero attached hydrogens (tertiary/aromatic N) is 1. The molecule has 0 aliphatic rings. The first-order valence-electron chi connectivity index (χ1n) is 10.1. The van der Waals surface area contributed by atoms with E-state index in [4.69, 9.17) is 9.47 Å². The van der Waals surface area contributed by atoms with E-state index < -0.39 is 16.0 Å². The summed E-state index contributed by atoms with van der Waals surface area (Å²) < 4.78 is 38.7. The zero-order valence-corrected chi connectivity index (χ0v) is 19.2. The second-order valence-electron chi connectivity index (χ2n) is 7.19. The Morgan fingerprint density at radius 1 is 0.879 bits per heavy atom. The second-order valence-corrected chi connectivity index (χ2v) is 8.96. The van der Waals surface area contributed by atoms with Gasteiger partial charge in [-0.1, -0.05) is 36.4 Å². The minimum Gasteiger partial charge on any atom is -0.496 e. The van der Waals surface area contributed by atoms with E-state index in [0.717, 1.165) is 5.56 Å². The Morgan fingerprint density at radius 2 is 1.42 bits per heavy atom. The number of para-hydroxylation sites is 2. The number of anilines is 1. The first-order valence-corrected chi connectivity index (χ1v) is 11.6. The largest absolute Gasteiger partial charge is 0.496 e. The highest BCUT2D eigenvalue weighted by Crippen LogP contribution is 2.25. The number of carbonyl (C=O) groups is 1. The summed E-state index contributed by atoms with van der Waals surface area (Å²) in [4.78, 5) is 13.2. The molecule has 0 fully saturated rings. The molecule has 0 aliphatic heterocycles. The van der Waals surface area contributed by atoms with Gasteiger partial charge < -0.3 is 19.5 Å². The van der Waals surface area contributed by atoms with Gasteiger partial charge in [0.05, 0.1) is 19.1 Å². The molecular weight excluding hydrogens is 444 g/mol. The molecule has 0 spiro atoms. The van der Waals surface area contributed by atoms with Gasteiger partial charge in [0.1, 0.15) is 18.0 Å². The summed E-state index contributed by atoms with van der Waals surface area (Å²) >= 11 is 0. The molecule has 2 N–H and O–H groups in total. The number of sulfonamides is 1. The monoisotopic (exact) mass is 470 g/mol. The van der Waals surface area contributed by atoms with Crippen LogP contribution < -0.4 is 19.1 Å². The predicted octanol–water partition coefficient (Wildman–Crippen LogP) is 3.27. The highest BCUT2D eigenvalue weighted by Gasteiger charge is 2.18. The van der Waals surface area contributed by atoms with Gasteiger partial charge in [-0.25, -0.2) is 13.1 Å². The molecule has 9 heteroatoms. The van der Waals surface area contributed by atoms with Gasteiger partial charge in [0, 0.05) is 29.9 Å². The fourth-order valence-electron chi connectivity index (χ4n) is 3.38. The molecule has 3 rings (SSSR count). The first kappa shape index (κ1) is 24.1. The summed E-state index contributed by atoms with van der Waals surface area (Å²) in [6, 6.07) is 20.6. The third kappa shape index (κ3) is 6.24. The third-order valence-electron chi connectivity index (χ3n) is 5.04. The van der Waals surface area contributed by atoms with Crippen LogP contribution in [0, 0.1) is 0 Å². The van der Waals surface area contributed by atoms with Gasteiger partial charge in [0.15, 0.2) is 0 Å². The van der Waals surface area contributed by atoms with Crippen molar-refractivity contribution in [2.75, 3.05) is 25.7 Å². The van der Waals surface area contributed by atoms with Gasteiger partial charge in [0.2, 0.25) is 10.0 Å². The summed E-state index contributed by atoms with van der Waals surface area (Å²) in [7, 11) is -0.698. The third-order valence-corrected chi connectivity index (χ3v) is 6.45. The molecule has 3 aromatic carbocycles. The highest BCUT2D eigenvalue weighted by atomic mass is 32.2. The Balaban J connectivity index is 1.78. The molecular formula is C24H26N2O6S. The molecule has 0 radical (unpaired) electrons. The van der Waals surface area contributed by atoms with Crippen LogP contribution in [0.5, 0.6) is 11.5 Å². The summed E-state index contributed by atoms with van der Waals surface area (Å²) in [5, 5.41) is 9.37.